The molecule has 0 spiro atoms. The summed E-state index contributed by atoms with van der Waals surface area (Å²) in [7, 11) is 0. The molecule has 5 heteroatoms. The van der Waals surface area contributed by atoms with E-state index in [4.69, 9.17) is 9.97 Å². The summed E-state index contributed by atoms with van der Waals surface area (Å²) >= 11 is 0. The van der Waals surface area contributed by atoms with Crippen molar-refractivity contribution in [2.45, 2.75) is 32.2 Å². The average molecular weight is 350 g/mol. The van der Waals surface area contributed by atoms with Crippen LogP contribution in [0.5, 0.6) is 0 Å². The molecule has 3 aromatic rings. The van der Waals surface area contributed by atoms with E-state index in [2.05, 4.69) is 10.2 Å². The molecule has 0 saturated carbocycles. The highest BCUT2D eigenvalue weighted by Gasteiger charge is 2.15. The van der Waals surface area contributed by atoms with Crippen molar-refractivity contribution in [1.29, 1.82) is 0 Å². The Morgan fingerprint density at radius 2 is 1.62 bits per heavy atom. The molecule has 1 saturated heterocycles. The summed E-state index contributed by atoms with van der Waals surface area (Å²) in [5.41, 5.74) is 1.97. The minimum Gasteiger partial charge on any atom is -0.365 e. The molecule has 1 N–H and O–H groups in total. The molecule has 1 aliphatic heterocycles. The number of aromatic nitrogens is 2. The van der Waals surface area contributed by atoms with E-state index in [1.165, 1.54) is 37.8 Å². The number of para-hydroxylation sites is 1. The molecule has 2 aromatic carbocycles. The SMILES string of the molecule is Fc1ccc(CNc2nc(N3CCCCCC3)nc3ccccc23)cc1. The molecular weight excluding hydrogens is 327 g/mol. The third-order valence-corrected chi connectivity index (χ3v) is 4.85. The minimum absolute atomic E-state index is 0.218. The summed E-state index contributed by atoms with van der Waals surface area (Å²) in [6.45, 7) is 2.62. The number of nitrogens with zero attached hydrogens (tertiary/aromatic N) is 3. The van der Waals surface area contributed by atoms with Crippen LogP contribution in [-0.2, 0) is 6.54 Å². The first-order valence-electron chi connectivity index (χ1n) is 9.30. The van der Waals surface area contributed by atoms with Crippen molar-refractivity contribution in [1.82, 2.24) is 9.97 Å². The molecule has 26 heavy (non-hydrogen) atoms. The van der Waals surface area contributed by atoms with E-state index in [9.17, 15) is 4.39 Å². The molecule has 0 bridgehead atoms. The van der Waals surface area contributed by atoms with Gasteiger partial charge in [0.15, 0.2) is 0 Å². The highest BCUT2D eigenvalue weighted by molar-refractivity contribution is 5.90. The Hall–Kier alpha value is -2.69. The van der Waals surface area contributed by atoms with Crippen LogP contribution in [0.15, 0.2) is 48.5 Å². The van der Waals surface area contributed by atoms with Gasteiger partial charge in [-0.1, -0.05) is 37.1 Å². The van der Waals surface area contributed by atoms with Crippen molar-refractivity contribution < 1.29 is 4.39 Å². The number of benzene rings is 2. The second kappa shape index (κ2) is 7.68. The van der Waals surface area contributed by atoms with Crippen LogP contribution >= 0.6 is 0 Å². The third-order valence-electron chi connectivity index (χ3n) is 4.85. The van der Waals surface area contributed by atoms with Gasteiger partial charge < -0.3 is 10.2 Å². The highest BCUT2D eigenvalue weighted by Crippen LogP contribution is 2.25. The Labute approximate surface area is 153 Å². The number of rotatable bonds is 4. The molecule has 134 valence electrons. The molecule has 1 aromatic heterocycles. The zero-order chi connectivity index (χ0) is 17.8. The average Bonchev–Trinajstić information content (AvgIpc) is 2.97. The first kappa shape index (κ1) is 16.8. The van der Waals surface area contributed by atoms with Crippen molar-refractivity contribution in [3.05, 3.63) is 59.9 Å². The second-order valence-electron chi connectivity index (χ2n) is 6.77. The van der Waals surface area contributed by atoms with Crippen LogP contribution in [0.4, 0.5) is 16.2 Å². The molecule has 0 aliphatic carbocycles. The van der Waals surface area contributed by atoms with Crippen LogP contribution in [0.25, 0.3) is 10.9 Å². The first-order valence-corrected chi connectivity index (χ1v) is 9.30. The maximum absolute atomic E-state index is 13.1. The maximum Gasteiger partial charge on any atom is 0.227 e. The fourth-order valence-electron chi connectivity index (χ4n) is 3.40. The molecule has 4 rings (SSSR count). The monoisotopic (exact) mass is 350 g/mol. The number of hydrogen-bond acceptors (Lipinski definition) is 4. The van der Waals surface area contributed by atoms with Gasteiger partial charge in [-0.2, -0.15) is 4.98 Å². The Morgan fingerprint density at radius 1 is 0.885 bits per heavy atom. The highest BCUT2D eigenvalue weighted by atomic mass is 19.1. The molecule has 0 atom stereocenters. The normalized spacial score (nSPS) is 15.0. The lowest BCUT2D eigenvalue weighted by molar-refractivity contribution is 0.627. The quantitative estimate of drug-likeness (QED) is 0.736. The fourth-order valence-corrected chi connectivity index (χ4v) is 3.40. The van der Waals surface area contributed by atoms with Gasteiger partial charge in [-0.15, -0.1) is 0 Å². The van der Waals surface area contributed by atoms with Crippen LogP contribution in [0.3, 0.4) is 0 Å². The largest absolute Gasteiger partial charge is 0.365 e. The Morgan fingerprint density at radius 3 is 2.38 bits per heavy atom. The first-order chi connectivity index (χ1) is 12.8. The Bertz CT molecular complexity index is 871. The molecule has 2 heterocycles. The topological polar surface area (TPSA) is 41.1 Å². The van der Waals surface area contributed by atoms with E-state index in [0.29, 0.717) is 6.54 Å². The molecule has 1 aliphatic rings. The van der Waals surface area contributed by atoms with Gasteiger partial charge in [0.1, 0.15) is 11.6 Å². The Balaban J connectivity index is 1.64. The molecule has 1 fully saturated rings. The number of hydrogen-bond donors (Lipinski definition) is 1. The van der Waals surface area contributed by atoms with Crippen molar-refractivity contribution in [2.24, 2.45) is 0 Å². The van der Waals surface area contributed by atoms with Crippen molar-refractivity contribution in [3.8, 4) is 0 Å². The number of nitrogens with one attached hydrogen (secondary N) is 1. The van der Waals surface area contributed by atoms with Gasteiger partial charge in [0.25, 0.3) is 0 Å². The molecule has 0 amide bonds. The van der Waals surface area contributed by atoms with E-state index >= 15 is 0 Å². The lowest BCUT2D eigenvalue weighted by Crippen LogP contribution is -2.26. The van der Waals surface area contributed by atoms with Crippen LogP contribution < -0.4 is 10.2 Å². The lowest BCUT2D eigenvalue weighted by atomic mass is 10.2. The van der Waals surface area contributed by atoms with Crippen LogP contribution in [-0.4, -0.2) is 23.1 Å². The van der Waals surface area contributed by atoms with Gasteiger partial charge in [-0.25, -0.2) is 9.37 Å². The molecule has 0 radical (unpaired) electrons. The Kier molecular flexibility index (Phi) is 4.95. The number of fused-ring (bicyclic) bond motifs is 1. The van der Waals surface area contributed by atoms with Gasteiger partial charge in [-0.3, -0.25) is 0 Å². The summed E-state index contributed by atoms with van der Waals surface area (Å²) in [4.78, 5) is 11.9. The van der Waals surface area contributed by atoms with E-state index in [0.717, 1.165) is 41.3 Å². The summed E-state index contributed by atoms with van der Waals surface area (Å²) in [5, 5.41) is 4.43. The third kappa shape index (κ3) is 3.77. The zero-order valence-corrected chi connectivity index (χ0v) is 14.8. The van der Waals surface area contributed by atoms with Gasteiger partial charge in [0.05, 0.1) is 5.52 Å². The van der Waals surface area contributed by atoms with Crippen LogP contribution in [0, 0.1) is 5.82 Å². The maximum atomic E-state index is 13.1. The van der Waals surface area contributed by atoms with Crippen molar-refractivity contribution in [2.75, 3.05) is 23.3 Å². The predicted molar refractivity (Wildman–Crippen MR) is 104 cm³/mol. The van der Waals surface area contributed by atoms with Crippen molar-refractivity contribution >= 4 is 22.7 Å². The summed E-state index contributed by atoms with van der Waals surface area (Å²) in [6.07, 6.45) is 4.93. The smallest absolute Gasteiger partial charge is 0.227 e. The summed E-state index contributed by atoms with van der Waals surface area (Å²) in [6, 6.07) is 14.6. The van der Waals surface area contributed by atoms with Gasteiger partial charge in [-0.05, 0) is 42.7 Å². The van der Waals surface area contributed by atoms with Crippen LogP contribution in [0.2, 0.25) is 0 Å². The van der Waals surface area contributed by atoms with Gasteiger partial charge >= 0.3 is 0 Å². The lowest BCUT2D eigenvalue weighted by Gasteiger charge is -2.21. The number of halogens is 1. The standard InChI is InChI=1S/C21H23FN4/c22-17-11-9-16(10-12-17)15-23-20-18-7-3-4-8-19(18)24-21(25-20)26-13-5-1-2-6-14-26/h3-4,7-12H,1-2,5-6,13-15H2,(H,23,24,25). The summed E-state index contributed by atoms with van der Waals surface area (Å²) < 4.78 is 13.1. The van der Waals surface area contributed by atoms with E-state index < -0.39 is 0 Å². The van der Waals surface area contributed by atoms with E-state index in [1.54, 1.807) is 12.1 Å². The van der Waals surface area contributed by atoms with E-state index in [-0.39, 0.29) is 5.82 Å². The van der Waals surface area contributed by atoms with Crippen LogP contribution in [0.1, 0.15) is 31.2 Å². The second-order valence-corrected chi connectivity index (χ2v) is 6.77. The molecular formula is C21H23FN4. The van der Waals surface area contributed by atoms with Crippen molar-refractivity contribution in [3.63, 3.8) is 0 Å². The van der Waals surface area contributed by atoms with Gasteiger partial charge in [0.2, 0.25) is 5.95 Å². The molecule has 4 nitrogen and oxygen atoms in total. The zero-order valence-electron chi connectivity index (χ0n) is 14.8. The predicted octanol–water partition coefficient (Wildman–Crippen LogP) is 4.76. The minimum atomic E-state index is -0.218. The van der Waals surface area contributed by atoms with Gasteiger partial charge in [0, 0.05) is 25.0 Å². The number of anilines is 2. The van der Waals surface area contributed by atoms with E-state index in [1.807, 2.05) is 24.3 Å². The molecule has 0 unspecified atom stereocenters. The summed E-state index contributed by atoms with van der Waals surface area (Å²) in [5.74, 6) is 1.41. The fraction of sp³-hybridized carbons (Fsp3) is 0.333.